The fourth-order valence-electron chi connectivity index (χ4n) is 2.16. The Bertz CT molecular complexity index is 153. The van der Waals surface area contributed by atoms with Crippen LogP contribution >= 0.6 is 0 Å². The van der Waals surface area contributed by atoms with E-state index in [1.807, 2.05) is 0 Å². The summed E-state index contributed by atoms with van der Waals surface area (Å²) in [6.07, 6.45) is 6.86. The quantitative estimate of drug-likeness (QED) is 0.526. The van der Waals surface area contributed by atoms with Crippen molar-refractivity contribution in [1.82, 2.24) is 0 Å². The van der Waals surface area contributed by atoms with Gasteiger partial charge in [-0.3, -0.25) is 0 Å². The van der Waals surface area contributed by atoms with Gasteiger partial charge in [0.1, 0.15) is 0 Å². The Morgan fingerprint density at radius 3 is 2.73 bits per heavy atom. The molecule has 0 spiro atoms. The van der Waals surface area contributed by atoms with E-state index in [1.54, 1.807) is 11.1 Å². The third-order valence-electron chi connectivity index (χ3n) is 2.85. The van der Waals surface area contributed by atoms with Crippen LogP contribution in [0.3, 0.4) is 0 Å². The van der Waals surface area contributed by atoms with Gasteiger partial charge in [0, 0.05) is 0 Å². The maximum atomic E-state index is 2.38. The zero-order valence-corrected chi connectivity index (χ0v) is 8.11. The van der Waals surface area contributed by atoms with Crippen molar-refractivity contribution in [2.24, 2.45) is 5.92 Å². The lowest BCUT2D eigenvalue weighted by Crippen LogP contribution is -2.07. The van der Waals surface area contributed by atoms with E-state index >= 15 is 0 Å². The molecule has 0 aromatic heterocycles. The monoisotopic (exact) mass is 152 g/mol. The summed E-state index contributed by atoms with van der Waals surface area (Å²) in [5, 5.41) is 0. The summed E-state index contributed by atoms with van der Waals surface area (Å²) in [6, 6.07) is 0. The number of hydrogen-bond donors (Lipinski definition) is 0. The Hall–Kier alpha value is -0.260. The molecule has 0 saturated heterocycles. The second kappa shape index (κ2) is 3.94. The highest BCUT2D eigenvalue weighted by Crippen LogP contribution is 2.32. The highest BCUT2D eigenvalue weighted by Gasteiger charge is 2.15. The molecule has 1 rings (SSSR count). The van der Waals surface area contributed by atoms with Gasteiger partial charge in [0.05, 0.1) is 0 Å². The van der Waals surface area contributed by atoms with Gasteiger partial charge in [-0.25, -0.2) is 0 Å². The molecule has 11 heavy (non-hydrogen) atoms. The van der Waals surface area contributed by atoms with Gasteiger partial charge in [-0.05, 0) is 38.5 Å². The molecular weight excluding hydrogens is 132 g/mol. The van der Waals surface area contributed by atoms with Gasteiger partial charge >= 0.3 is 0 Å². The Kier molecular flexibility index (Phi) is 3.16. The summed E-state index contributed by atoms with van der Waals surface area (Å²) >= 11 is 0. The maximum absolute atomic E-state index is 2.38. The molecule has 1 aliphatic rings. The first-order valence-corrected chi connectivity index (χ1v) is 4.94. The molecule has 64 valence electrons. The summed E-state index contributed by atoms with van der Waals surface area (Å²) in [5.74, 6) is 0.878. The van der Waals surface area contributed by atoms with Crippen molar-refractivity contribution >= 4 is 0 Å². The lowest BCUT2D eigenvalue weighted by Gasteiger charge is -2.24. The van der Waals surface area contributed by atoms with Gasteiger partial charge in [0.25, 0.3) is 0 Å². The first-order chi connectivity index (χ1) is 5.25. The standard InChI is InChI=1S/C11H20/c1-4-6-11-9(2)7-5-8-10(11)3/h9H,4-8H2,1-3H3. The number of hydrogen-bond acceptors (Lipinski definition) is 0. The molecule has 0 heterocycles. The van der Waals surface area contributed by atoms with Crippen molar-refractivity contribution in [2.75, 3.05) is 0 Å². The fourth-order valence-corrected chi connectivity index (χ4v) is 2.16. The van der Waals surface area contributed by atoms with Gasteiger partial charge in [0.15, 0.2) is 0 Å². The van der Waals surface area contributed by atoms with E-state index in [0.717, 1.165) is 5.92 Å². The summed E-state index contributed by atoms with van der Waals surface area (Å²) in [5.41, 5.74) is 3.45. The average Bonchev–Trinajstić information content (AvgIpc) is 1.97. The lowest BCUT2D eigenvalue weighted by atomic mass is 9.82. The van der Waals surface area contributed by atoms with E-state index in [9.17, 15) is 0 Å². The smallest absolute Gasteiger partial charge is 0.0229 e. The molecule has 1 unspecified atom stereocenters. The molecular formula is C11H20. The van der Waals surface area contributed by atoms with Crippen LogP contribution in [0.2, 0.25) is 0 Å². The zero-order chi connectivity index (χ0) is 8.27. The SMILES string of the molecule is CCCC1=C(C)CCCC1C. The molecule has 1 aliphatic carbocycles. The summed E-state index contributed by atoms with van der Waals surface area (Å²) in [6.45, 7) is 6.98. The van der Waals surface area contributed by atoms with Crippen LogP contribution < -0.4 is 0 Å². The van der Waals surface area contributed by atoms with Crippen LogP contribution in [-0.2, 0) is 0 Å². The van der Waals surface area contributed by atoms with Gasteiger partial charge in [0.2, 0.25) is 0 Å². The molecule has 0 fully saturated rings. The van der Waals surface area contributed by atoms with Crippen molar-refractivity contribution in [1.29, 1.82) is 0 Å². The number of rotatable bonds is 2. The van der Waals surface area contributed by atoms with Crippen molar-refractivity contribution in [3.05, 3.63) is 11.1 Å². The molecule has 0 bridgehead atoms. The summed E-state index contributed by atoms with van der Waals surface area (Å²) in [4.78, 5) is 0. The molecule has 0 radical (unpaired) electrons. The van der Waals surface area contributed by atoms with Gasteiger partial charge in [-0.1, -0.05) is 31.4 Å². The van der Waals surface area contributed by atoms with Gasteiger partial charge in [-0.15, -0.1) is 0 Å². The van der Waals surface area contributed by atoms with Crippen molar-refractivity contribution in [2.45, 2.75) is 52.9 Å². The molecule has 0 heteroatoms. The van der Waals surface area contributed by atoms with Crippen LogP contribution in [-0.4, -0.2) is 0 Å². The Morgan fingerprint density at radius 1 is 1.45 bits per heavy atom. The van der Waals surface area contributed by atoms with Crippen LogP contribution in [0.1, 0.15) is 52.9 Å². The average molecular weight is 152 g/mol. The Labute approximate surface area is 70.7 Å². The van der Waals surface area contributed by atoms with E-state index in [0.29, 0.717) is 0 Å². The van der Waals surface area contributed by atoms with Crippen LogP contribution in [0, 0.1) is 5.92 Å². The molecule has 0 nitrogen and oxygen atoms in total. The van der Waals surface area contributed by atoms with Crippen LogP contribution in [0.4, 0.5) is 0 Å². The van der Waals surface area contributed by atoms with E-state index < -0.39 is 0 Å². The van der Waals surface area contributed by atoms with E-state index in [-0.39, 0.29) is 0 Å². The number of allylic oxidation sites excluding steroid dienone is 2. The highest BCUT2D eigenvalue weighted by molar-refractivity contribution is 5.17. The maximum Gasteiger partial charge on any atom is -0.0229 e. The molecule has 0 aromatic rings. The second-order valence-electron chi connectivity index (χ2n) is 3.85. The van der Waals surface area contributed by atoms with Crippen molar-refractivity contribution in [3.63, 3.8) is 0 Å². The molecule has 1 atom stereocenters. The second-order valence-corrected chi connectivity index (χ2v) is 3.85. The molecule has 0 saturated carbocycles. The van der Waals surface area contributed by atoms with E-state index in [1.165, 1.54) is 32.1 Å². The lowest BCUT2D eigenvalue weighted by molar-refractivity contribution is 0.513. The Balaban J connectivity index is 2.66. The topological polar surface area (TPSA) is 0 Å². The predicted octanol–water partition coefficient (Wildman–Crippen LogP) is 3.92. The minimum absolute atomic E-state index is 0.878. The summed E-state index contributed by atoms with van der Waals surface area (Å²) in [7, 11) is 0. The van der Waals surface area contributed by atoms with Crippen molar-refractivity contribution in [3.8, 4) is 0 Å². The molecule has 0 aromatic carbocycles. The third kappa shape index (κ3) is 2.08. The molecule has 0 N–H and O–H groups in total. The minimum atomic E-state index is 0.878. The Morgan fingerprint density at radius 2 is 2.18 bits per heavy atom. The first kappa shape index (κ1) is 8.83. The van der Waals surface area contributed by atoms with Gasteiger partial charge in [-0.2, -0.15) is 0 Å². The van der Waals surface area contributed by atoms with Crippen LogP contribution in [0.25, 0.3) is 0 Å². The van der Waals surface area contributed by atoms with Crippen molar-refractivity contribution < 1.29 is 0 Å². The minimum Gasteiger partial charge on any atom is -0.0739 e. The molecule has 0 amide bonds. The third-order valence-corrected chi connectivity index (χ3v) is 2.85. The highest BCUT2D eigenvalue weighted by atomic mass is 14.2. The largest absolute Gasteiger partial charge is 0.0739 e. The fraction of sp³-hybridized carbons (Fsp3) is 0.818. The van der Waals surface area contributed by atoms with E-state index in [4.69, 9.17) is 0 Å². The zero-order valence-electron chi connectivity index (χ0n) is 8.11. The normalized spacial score (nSPS) is 25.9. The molecule has 0 aliphatic heterocycles. The van der Waals surface area contributed by atoms with Crippen LogP contribution in [0.5, 0.6) is 0 Å². The first-order valence-electron chi connectivity index (χ1n) is 4.94. The van der Waals surface area contributed by atoms with Crippen LogP contribution in [0.15, 0.2) is 11.1 Å². The summed E-state index contributed by atoms with van der Waals surface area (Å²) < 4.78 is 0. The van der Waals surface area contributed by atoms with Gasteiger partial charge < -0.3 is 0 Å². The predicted molar refractivity (Wildman–Crippen MR) is 50.6 cm³/mol. The van der Waals surface area contributed by atoms with E-state index in [2.05, 4.69) is 20.8 Å².